The minimum Gasteiger partial charge on any atom is -0.495 e. The highest BCUT2D eigenvalue weighted by molar-refractivity contribution is 6.41. The first-order chi connectivity index (χ1) is 23.2. The lowest BCUT2D eigenvalue weighted by molar-refractivity contribution is -0.127. The number of rotatable bonds is 12. The molecular weight excluding hydrogens is 661 g/mol. The van der Waals surface area contributed by atoms with E-state index in [0.29, 0.717) is 87.9 Å². The van der Waals surface area contributed by atoms with Gasteiger partial charge in [0.25, 0.3) is 5.56 Å². The van der Waals surface area contributed by atoms with Gasteiger partial charge in [0.1, 0.15) is 17.1 Å². The SMILES string of the molecule is C=CC(=O)NC1CCOCC1Nc1ncc2cc(-c3c(Cl)c(OC)cc(OC)c3Cl)c(=O)n(CCCN3CCN(C(=O)C=C)CC3)c2n1. The molecule has 2 atom stereocenters. The van der Waals surface area contributed by atoms with E-state index in [2.05, 4.69) is 33.7 Å². The van der Waals surface area contributed by atoms with E-state index in [-0.39, 0.29) is 56.6 Å². The van der Waals surface area contributed by atoms with Crippen LogP contribution in [0.5, 0.6) is 11.5 Å². The van der Waals surface area contributed by atoms with Crippen LogP contribution in [-0.2, 0) is 20.9 Å². The maximum atomic E-state index is 14.4. The predicted octanol–water partition coefficient (Wildman–Crippen LogP) is 3.37. The Morgan fingerprint density at radius 1 is 1.04 bits per heavy atom. The molecule has 0 spiro atoms. The smallest absolute Gasteiger partial charge is 0.260 e. The van der Waals surface area contributed by atoms with Crippen LogP contribution in [0.25, 0.3) is 22.2 Å². The molecule has 2 aromatic heterocycles. The van der Waals surface area contributed by atoms with Crippen LogP contribution in [0.4, 0.5) is 5.95 Å². The van der Waals surface area contributed by atoms with E-state index in [1.165, 1.54) is 26.4 Å². The third-order valence-electron chi connectivity index (χ3n) is 8.57. The van der Waals surface area contributed by atoms with Crippen LogP contribution in [-0.4, -0.2) is 108 Å². The zero-order valence-electron chi connectivity index (χ0n) is 27.0. The van der Waals surface area contributed by atoms with Gasteiger partial charge in [-0.2, -0.15) is 4.98 Å². The summed E-state index contributed by atoms with van der Waals surface area (Å²) in [6.45, 7) is 11.6. The lowest BCUT2D eigenvalue weighted by Gasteiger charge is -2.34. The Labute approximate surface area is 288 Å². The van der Waals surface area contributed by atoms with Crippen LogP contribution in [0.15, 0.2) is 48.4 Å². The molecule has 0 bridgehead atoms. The summed E-state index contributed by atoms with van der Waals surface area (Å²) >= 11 is 13.5. The molecule has 0 saturated carbocycles. The van der Waals surface area contributed by atoms with Crippen molar-refractivity contribution >= 4 is 52.0 Å². The molecule has 1 aromatic carbocycles. The van der Waals surface area contributed by atoms with Crippen LogP contribution in [0.3, 0.4) is 0 Å². The third-order valence-corrected chi connectivity index (χ3v) is 9.32. The van der Waals surface area contributed by atoms with E-state index in [1.807, 2.05) is 0 Å². The average Bonchev–Trinajstić information content (AvgIpc) is 3.10. The fourth-order valence-corrected chi connectivity index (χ4v) is 6.68. The van der Waals surface area contributed by atoms with Crippen molar-refractivity contribution in [3.05, 3.63) is 64.0 Å². The van der Waals surface area contributed by atoms with Crippen LogP contribution in [0.2, 0.25) is 10.0 Å². The molecule has 2 aliphatic rings. The Kier molecular flexibility index (Phi) is 11.6. The van der Waals surface area contributed by atoms with Gasteiger partial charge in [0.15, 0.2) is 0 Å². The number of amides is 2. The number of nitrogens with one attached hydrogen (secondary N) is 2. The fraction of sp³-hybridized carbons (Fsp3) is 0.424. The highest BCUT2D eigenvalue weighted by Gasteiger charge is 2.28. The van der Waals surface area contributed by atoms with Crippen LogP contribution >= 0.6 is 23.2 Å². The van der Waals surface area contributed by atoms with E-state index in [9.17, 15) is 14.4 Å². The Morgan fingerprint density at radius 3 is 2.40 bits per heavy atom. The number of carbonyl (C=O) groups excluding carboxylic acids is 2. The number of piperazine rings is 1. The summed E-state index contributed by atoms with van der Waals surface area (Å²) in [4.78, 5) is 51.8. The number of ether oxygens (including phenoxy) is 3. The number of anilines is 1. The van der Waals surface area contributed by atoms with Crippen molar-refractivity contribution in [2.45, 2.75) is 31.5 Å². The van der Waals surface area contributed by atoms with Crippen molar-refractivity contribution in [1.29, 1.82) is 0 Å². The van der Waals surface area contributed by atoms with E-state index in [0.717, 1.165) is 0 Å². The quantitative estimate of drug-likeness (QED) is 0.271. The standard InChI is InChI=1S/C33H39Cl2N7O6/c1-5-26(43)37-22-8-15-48-19-23(22)38-33-36-18-20-16-21(28-29(34)24(46-3)17-25(47-4)30(28)35)32(45)42(31(20)39-33)10-7-9-40-11-13-41(14-12-40)27(44)6-2/h5-6,16-18,22-23H,1-2,7-15,19H2,3-4H3,(H,37,43)(H,36,38,39). The Morgan fingerprint density at radius 2 is 1.75 bits per heavy atom. The number of hydrogen-bond acceptors (Lipinski definition) is 10. The summed E-state index contributed by atoms with van der Waals surface area (Å²) in [6.07, 6.45) is 5.41. The molecule has 2 unspecified atom stereocenters. The number of benzene rings is 1. The second-order valence-corrected chi connectivity index (χ2v) is 12.2. The van der Waals surface area contributed by atoms with Gasteiger partial charge < -0.3 is 29.7 Å². The minimum atomic E-state index is -0.357. The number of pyridine rings is 1. The van der Waals surface area contributed by atoms with E-state index < -0.39 is 0 Å². The second-order valence-electron chi connectivity index (χ2n) is 11.4. The zero-order valence-corrected chi connectivity index (χ0v) is 28.5. The molecule has 0 aliphatic carbocycles. The van der Waals surface area contributed by atoms with Crippen molar-refractivity contribution in [2.75, 3.05) is 65.5 Å². The molecule has 2 fully saturated rings. The van der Waals surface area contributed by atoms with Gasteiger partial charge in [0.2, 0.25) is 17.8 Å². The number of fused-ring (bicyclic) bond motifs is 1. The summed E-state index contributed by atoms with van der Waals surface area (Å²) in [6, 6.07) is 2.68. The van der Waals surface area contributed by atoms with Gasteiger partial charge in [-0.3, -0.25) is 23.9 Å². The molecule has 13 nitrogen and oxygen atoms in total. The molecule has 15 heteroatoms. The number of hydrogen-bond donors (Lipinski definition) is 2. The van der Waals surface area contributed by atoms with Crippen molar-refractivity contribution in [3.8, 4) is 22.6 Å². The molecule has 48 heavy (non-hydrogen) atoms. The van der Waals surface area contributed by atoms with Crippen LogP contribution in [0, 0.1) is 0 Å². The first kappa shape index (κ1) is 35.1. The number of carbonyl (C=O) groups is 2. The fourth-order valence-electron chi connectivity index (χ4n) is 5.97. The number of halogens is 2. The highest BCUT2D eigenvalue weighted by Crippen LogP contribution is 2.45. The zero-order chi connectivity index (χ0) is 34.4. The topological polar surface area (TPSA) is 140 Å². The van der Waals surface area contributed by atoms with Gasteiger partial charge in [-0.05, 0) is 37.6 Å². The summed E-state index contributed by atoms with van der Waals surface area (Å²) < 4.78 is 18.2. The van der Waals surface area contributed by atoms with Crippen LogP contribution in [0.1, 0.15) is 12.8 Å². The Balaban J connectivity index is 1.51. The second kappa shape index (κ2) is 15.8. The maximum Gasteiger partial charge on any atom is 0.260 e. The van der Waals surface area contributed by atoms with E-state index in [4.69, 9.17) is 42.4 Å². The maximum absolute atomic E-state index is 14.4. The Bertz CT molecular complexity index is 1730. The predicted molar refractivity (Wildman–Crippen MR) is 185 cm³/mol. The summed E-state index contributed by atoms with van der Waals surface area (Å²) in [5.74, 6) is 0.524. The lowest BCUT2D eigenvalue weighted by atomic mass is 10.0. The first-order valence-corrected chi connectivity index (χ1v) is 16.4. The van der Waals surface area contributed by atoms with E-state index >= 15 is 0 Å². The molecule has 5 rings (SSSR count). The van der Waals surface area contributed by atoms with Crippen molar-refractivity contribution in [1.82, 2.24) is 29.7 Å². The van der Waals surface area contributed by atoms with Crippen LogP contribution < -0.4 is 25.7 Å². The molecule has 2 N–H and O–H groups in total. The Hall–Kier alpha value is -4.17. The molecule has 2 saturated heterocycles. The highest BCUT2D eigenvalue weighted by atomic mass is 35.5. The third kappa shape index (κ3) is 7.59. The number of aryl methyl sites for hydroxylation is 1. The monoisotopic (exact) mass is 699 g/mol. The van der Waals surface area contributed by atoms with E-state index in [1.54, 1.807) is 27.8 Å². The summed E-state index contributed by atoms with van der Waals surface area (Å²) in [5.41, 5.74) is 0.571. The number of aromatic nitrogens is 3. The molecule has 256 valence electrons. The first-order valence-electron chi connectivity index (χ1n) is 15.6. The average molecular weight is 701 g/mol. The molecule has 4 heterocycles. The van der Waals surface area contributed by atoms with Crippen molar-refractivity contribution < 1.29 is 23.8 Å². The van der Waals surface area contributed by atoms with Gasteiger partial charge >= 0.3 is 0 Å². The molecule has 0 radical (unpaired) electrons. The van der Waals surface area contributed by atoms with Gasteiger partial charge in [-0.15, -0.1) is 0 Å². The van der Waals surface area contributed by atoms with Gasteiger partial charge in [0.05, 0.1) is 48.5 Å². The van der Waals surface area contributed by atoms with Gasteiger partial charge in [0, 0.05) is 62.5 Å². The van der Waals surface area contributed by atoms with Gasteiger partial charge in [-0.1, -0.05) is 36.4 Å². The molecular formula is C33H39Cl2N7O6. The molecule has 2 aliphatic heterocycles. The number of nitrogens with zero attached hydrogens (tertiary/aromatic N) is 5. The van der Waals surface area contributed by atoms with Gasteiger partial charge in [-0.25, -0.2) is 4.98 Å². The molecule has 2 amide bonds. The summed E-state index contributed by atoms with van der Waals surface area (Å²) in [7, 11) is 2.94. The summed E-state index contributed by atoms with van der Waals surface area (Å²) in [5, 5.41) is 7.14. The minimum absolute atomic E-state index is 0.0747. The molecule has 3 aromatic rings. The largest absolute Gasteiger partial charge is 0.495 e. The van der Waals surface area contributed by atoms with Crippen molar-refractivity contribution in [3.63, 3.8) is 0 Å². The van der Waals surface area contributed by atoms with Crippen molar-refractivity contribution in [2.24, 2.45) is 0 Å². The normalized spacial score (nSPS) is 18.3. The number of methoxy groups -OCH3 is 2. The lowest BCUT2D eigenvalue weighted by Crippen LogP contribution is -2.52.